The van der Waals surface area contributed by atoms with Crippen molar-refractivity contribution in [1.29, 1.82) is 0 Å². The molecule has 1 radical (unpaired) electrons. The highest BCUT2D eigenvalue weighted by Crippen LogP contribution is 2.25. The van der Waals surface area contributed by atoms with Crippen molar-refractivity contribution in [3.05, 3.63) is 46.1 Å². The predicted molar refractivity (Wildman–Crippen MR) is 53.2 cm³/mol. The SMILES string of the molecule is O=[C]c1cccc2nccc([N+](=O)[O-])c12. The third kappa shape index (κ3) is 1.43. The lowest BCUT2D eigenvalue weighted by Gasteiger charge is -1.99. The molecule has 0 N–H and O–H groups in total. The first-order valence-electron chi connectivity index (χ1n) is 4.14. The van der Waals surface area contributed by atoms with Crippen molar-refractivity contribution >= 4 is 22.9 Å². The quantitative estimate of drug-likeness (QED) is 0.546. The molecule has 0 bridgehead atoms. The lowest BCUT2D eigenvalue weighted by Crippen LogP contribution is -1.94. The van der Waals surface area contributed by atoms with Gasteiger partial charge in [0.15, 0.2) is 0 Å². The Morgan fingerprint density at radius 2 is 2.13 bits per heavy atom. The minimum absolute atomic E-state index is 0.126. The third-order valence-corrected chi connectivity index (χ3v) is 2.05. The lowest BCUT2D eigenvalue weighted by molar-refractivity contribution is -0.383. The third-order valence-electron chi connectivity index (χ3n) is 2.05. The van der Waals surface area contributed by atoms with Gasteiger partial charge >= 0.3 is 0 Å². The summed E-state index contributed by atoms with van der Waals surface area (Å²) in [6.45, 7) is 0. The number of hydrogen-bond acceptors (Lipinski definition) is 4. The number of nitrogens with zero attached hydrogens (tertiary/aromatic N) is 2. The van der Waals surface area contributed by atoms with E-state index in [0.717, 1.165) is 0 Å². The van der Waals surface area contributed by atoms with E-state index in [2.05, 4.69) is 4.98 Å². The van der Waals surface area contributed by atoms with Crippen LogP contribution in [0.1, 0.15) is 5.56 Å². The van der Waals surface area contributed by atoms with Gasteiger partial charge in [-0.15, -0.1) is 0 Å². The van der Waals surface area contributed by atoms with Gasteiger partial charge in [-0.3, -0.25) is 19.9 Å². The van der Waals surface area contributed by atoms with Gasteiger partial charge in [-0.25, -0.2) is 0 Å². The molecular formula is C10H5N2O3. The van der Waals surface area contributed by atoms with E-state index in [1.807, 2.05) is 0 Å². The van der Waals surface area contributed by atoms with Gasteiger partial charge in [0.05, 0.1) is 15.8 Å². The summed E-state index contributed by atoms with van der Waals surface area (Å²) >= 11 is 0. The molecule has 0 saturated heterocycles. The lowest BCUT2D eigenvalue weighted by atomic mass is 10.1. The largest absolute Gasteiger partial charge is 0.285 e. The molecule has 15 heavy (non-hydrogen) atoms. The van der Waals surface area contributed by atoms with Crippen LogP contribution in [0.15, 0.2) is 30.5 Å². The smallest absolute Gasteiger partial charge is 0.281 e. The first-order chi connectivity index (χ1) is 7.24. The Balaban J connectivity index is 2.93. The molecule has 0 atom stereocenters. The van der Waals surface area contributed by atoms with Crippen molar-refractivity contribution in [2.75, 3.05) is 0 Å². The Morgan fingerprint density at radius 3 is 2.80 bits per heavy atom. The van der Waals surface area contributed by atoms with Crippen LogP contribution < -0.4 is 0 Å². The standard InChI is InChI=1S/C10H5N2O3/c13-6-7-2-1-3-8-10(7)9(12(14)15)4-5-11-8/h1-5H. The molecular weight excluding hydrogens is 196 g/mol. The average Bonchev–Trinajstić information content (AvgIpc) is 2.27. The molecule has 1 aromatic heterocycles. The second-order valence-corrected chi connectivity index (χ2v) is 2.89. The Hall–Kier alpha value is -2.30. The highest BCUT2D eigenvalue weighted by molar-refractivity contribution is 6.01. The van der Waals surface area contributed by atoms with E-state index in [-0.39, 0.29) is 16.6 Å². The van der Waals surface area contributed by atoms with Gasteiger partial charge in [-0.05, 0) is 12.1 Å². The van der Waals surface area contributed by atoms with Gasteiger partial charge in [-0.2, -0.15) is 0 Å². The summed E-state index contributed by atoms with van der Waals surface area (Å²) in [5, 5.41) is 11.0. The minimum atomic E-state index is -0.537. The zero-order valence-corrected chi connectivity index (χ0v) is 7.51. The maximum absolute atomic E-state index is 10.7. The van der Waals surface area contributed by atoms with Crippen LogP contribution in [0, 0.1) is 10.1 Å². The zero-order chi connectivity index (χ0) is 10.8. The van der Waals surface area contributed by atoms with E-state index >= 15 is 0 Å². The zero-order valence-electron chi connectivity index (χ0n) is 7.51. The Kier molecular flexibility index (Phi) is 2.13. The molecule has 2 rings (SSSR count). The van der Waals surface area contributed by atoms with Gasteiger partial charge in [0.2, 0.25) is 6.29 Å². The van der Waals surface area contributed by atoms with Crippen LogP contribution in [0.3, 0.4) is 0 Å². The van der Waals surface area contributed by atoms with E-state index < -0.39 is 4.92 Å². The first kappa shape index (κ1) is 9.26. The fourth-order valence-electron chi connectivity index (χ4n) is 1.43. The van der Waals surface area contributed by atoms with Crippen LogP contribution in [-0.4, -0.2) is 16.2 Å². The monoisotopic (exact) mass is 201 g/mol. The van der Waals surface area contributed by atoms with Crippen molar-refractivity contribution in [1.82, 2.24) is 4.98 Å². The molecule has 2 aromatic rings. The van der Waals surface area contributed by atoms with Crippen LogP contribution in [0.2, 0.25) is 0 Å². The molecule has 0 spiro atoms. The highest BCUT2D eigenvalue weighted by Gasteiger charge is 2.15. The number of pyridine rings is 1. The predicted octanol–water partition coefficient (Wildman–Crippen LogP) is 1.60. The first-order valence-corrected chi connectivity index (χ1v) is 4.14. The van der Waals surface area contributed by atoms with E-state index in [4.69, 9.17) is 0 Å². The van der Waals surface area contributed by atoms with Gasteiger partial charge < -0.3 is 0 Å². The van der Waals surface area contributed by atoms with Gasteiger partial charge in [0.1, 0.15) is 0 Å². The van der Waals surface area contributed by atoms with Crippen LogP contribution in [-0.2, 0) is 4.79 Å². The molecule has 1 heterocycles. The van der Waals surface area contributed by atoms with Crippen LogP contribution in [0.4, 0.5) is 5.69 Å². The van der Waals surface area contributed by atoms with Gasteiger partial charge in [-0.1, -0.05) is 6.07 Å². The van der Waals surface area contributed by atoms with Gasteiger partial charge in [0, 0.05) is 17.8 Å². The molecule has 1 aromatic carbocycles. The van der Waals surface area contributed by atoms with Crippen molar-refractivity contribution < 1.29 is 9.72 Å². The number of hydrogen-bond donors (Lipinski definition) is 0. The summed E-state index contributed by atoms with van der Waals surface area (Å²) in [5.74, 6) is 0. The molecule has 0 saturated carbocycles. The second kappa shape index (κ2) is 3.45. The summed E-state index contributed by atoms with van der Waals surface area (Å²) < 4.78 is 0. The molecule has 0 aliphatic carbocycles. The summed E-state index contributed by atoms with van der Waals surface area (Å²) in [4.78, 5) is 24.8. The number of benzene rings is 1. The highest BCUT2D eigenvalue weighted by atomic mass is 16.6. The molecule has 73 valence electrons. The summed E-state index contributed by atoms with van der Waals surface area (Å²) in [6, 6.07) is 5.97. The van der Waals surface area contributed by atoms with Gasteiger partial charge in [0.25, 0.3) is 5.69 Å². The molecule has 5 heteroatoms. The molecule has 0 aliphatic heterocycles. The number of rotatable bonds is 2. The minimum Gasteiger partial charge on any atom is -0.285 e. The summed E-state index contributed by atoms with van der Waals surface area (Å²) in [6.07, 6.45) is 3.01. The average molecular weight is 201 g/mol. The van der Waals surface area contributed by atoms with E-state index in [1.165, 1.54) is 18.3 Å². The van der Waals surface area contributed by atoms with E-state index in [1.54, 1.807) is 18.4 Å². The Labute approximate surface area is 84.5 Å². The number of nitro groups is 1. The Bertz CT molecular complexity index is 546. The molecule has 0 amide bonds. The molecule has 0 unspecified atom stereocenters. The van der Waals surface area contributed by atoms with E-state index in [9.17, 15) is 14.9 Å². The van der Waals surface area contributed by atoms with Crippen LogP contribution in [0.5, 0.6) is 0 Å². The summed E-state index contributed by atoms with van der Waals surface area (Å²) in [7, 11) is 0. The van der Waals surface area contributed by atoms with Crippen molar-refractivity contribution in [2.24, 2.45) is 0 Å². The number of carbonyl (C=O) groups excluding carboxylic acids is 1. The number of fused-ring (bicyclic) bond motifs is 1. The van der Waals surface area contributed by atoms with E-state index in [0.29, 0.717) is 5.52 Å². The second-order valence-electron chi connectivity index (χ2n) is 2.89. The summed E-state index contributed by atoms with van der Waals surface area (Å²) in [5.41, 5.74) is 0.455. The maximum Gasteiger partial charge on any atom is 0.281 e. The fourth-order valence-corrected chi connectivity index (χ4v) is 1.43. The molecule has 0 aliphatic rings. The van der Waals surface area contributed by atoms with Crippen molar-refractivity contribution in [3.63, 3.8) is 0 Å². The fraction of sp³-hybridized carbons (Fsp3) is 0. The maximum atomic E-state index is 10.7. The van der Waals surface area contributed by atoms with Crippen molar-refractivity contribution in [2.45, 2.75) is 0 Å². The Morgan fingerprint density at radius 1 is 1.33 bits per heavy atom. The van der Waals surface area contributed by atoms with Crippen LogP contribution >= 0.6 is 0 Å². The van der Waals surface area contributed by atoms with Crippen LogP contribution in [0.25, 0.3) is 10.9 Å². The number of aromatic nitrogens is 1. The topological polar surface area (TPSA) is 73.1 Å². The normalized spacial score (nSPS) is 10.1. The molecule has 5 nitrogen and oxygen atoms in total. The molecule has 0 fully saturated rings. The van der Waals surface area contributed by atoms with Crippen molar-refractivity contribution in [3.8, 4) is 0 Å².